The fourth-order valence-corrected chi connectivity index (χ4v) is 3.26. The molecule has 0 radical (unpaired) electrons. The van der Waals surface area contributed by atoms with E-state index in [9.17, 15) is 14.4 Å². The lowest BCUT2D eigenvalue weighted by molar-refractivity contribution is -0.134. The van der Waals surface area contributed by atoms with Gasteiger partial charge in [-0.2, -0.15) is 0 Å². The van der Waals surface area contributed by atoms with Crippen molar-refractivity contribution in [3.8, 4) is 0 Å². The number of aromatic amines is 1. The van der Waals surface area contributed by atoms with E-state index in [4.69, 9.17) is 0 Å². The Morgan fingerprint density at radius 1 is 1.06 bits per heavy atom. The van der Waals surface area contributed by atoms with Crippen molar-refractivity contribution in [2.75, 3.05) is 25.5 Å². The first-order valence-corrected chi connectivity index (χ1v) is 10.6. The van der Waals surface area contributed by atoms with Crippen LogP contribution >= 0.6 is 0 Å². The Kier molecular flexibility index (Phi) is 7.37. The number of fused-ring (bicyclic) bond motifs is 1. The Morgan fingerprint density at radius 3 is 2.44 bits per heavy atom. The van der Waals surface area contributed by atoms with Crippen molar-refractivity contribution < 1.29 is 9.59 Å². The Bertz CT molecular complexity index is 1150. The molecule has 1 aromatic heterocycles. The third-order valence-corrected chi connectivity index (χ3v) is 5.23. The average molecular weight is 436 g/mol. The fraction of sp³-hybridized carbons (Fsp3) is 0.333. The Labute approximate surface area is 187 Å². The Morgan fingerprint density at radius 2 is 1.75 bits per heavy atom. The first-order valence-electron chi connectivity index (χ1n) is 10.6. The lowest BCUT2D eigenvalue weighted by Gasteiger charge is -2.27. The van der Waals surface area contributed by atoms with Crippen LogP contribution in [-0.4, -0.2) is 57.8 Å². The predicted octanol–water partition coefficient (Wildman–Crippen LogP) is 2.54. The van der Waals surface area contributed by atoms with Crippen molar-refractivity contribution in [3.63, 3.8) is 0 Å². The molecule has 2 amide bonds. The summed E-state index contributed by atoms with van der Waals surface area (Å²) < 4.78 is 0. The largest absolute Gasteiger partial charge is 0.335 e. The summed E-state index contributed by atoms with van der Waals surface area (Å²) in [6, 6.07) is 14.7. The van der Waals surface area contributed by atoms with Crippen LogP contribution < -0.4 is 10.9 Å². The molecule has 0 spiro atoms. The van der Waals surface area contributed by atoms with Gasteiger partial charge < -0.3 is 15.2 Å². The number of anilines is 1. The number of hydrogen-bond acceptors (Lipinski definition) is 5. The summed E-state index contributed by atoms with van der Waals surface area (Å²) in [4.78, 5) is 48.1. The van der Waals surface area contributed by atoms with Crippen LogP contribution in [0.5, 0.6) is 0 Å². The van der Waals surface area contributed by atoms with Crippen LogP contribution in [0, 0.1) is 6.92 Å². The second kappa shape index (κ2) is 10.2. The molecule has 2 aromatic carbocycles. The number of H-pyrrole nitrogens is 1. The van der Waals surface area contributed by atoms with Gasteiger partial charge in [0.25, 0.3) is 5.56 Å². The van der Waals surface area contributed by atoms with E-state index in [1.165, 1.54) is 4.90 Å². The molecule has 3 aromatic rings. The van der Waals surface area contributed by atoms with E-state index in [0.717, 1.165) is 5.56 Å². The minimum atomic E-state index is -0.263. The topological polar surface area (TPSA) is 98.4 Å². The molecule has 168 valence electrons. The quantitative estimate of drug-likeness (QED) is 0.567. The molecular formula is C24H29N5O3. The van der Waals surface area contributed by atoms with Crippen LogP contribution in [0.2, 0.25) is 0 Å². The number of nitrogens with zero attached hydrogens (tertiary/aromatic N) is 3. The summed E-state index contributed by atoms with van der Waals surface area (Å²) in [5, 5.41) is 3.33. The zero-order chi connectivity index (χ0) is 23.3. The molecule has 0 atom stereocenters. The summed E-state index contributed by atoms with van der Waals surface area (Å²) >= 11 is 0. The van der Waals surface area contributed by atoms with E-state index in [1.807, 2.05) is 56.0 Å². The Hall–Kier alpha value is -3.52. The van der Waals surface area contributed by atoms with Gasteiger partial charge in [-0.25, -0.2) is 4.98 Å². The van der Waals surface area contributed by atoms with Gasteiger partial charge in [-0.15, -0.1) is 0 Å². The van der Waals surface area contributed by atoms with Crippen molar-refractivity contribution in [1.29, 1.82) is 0 Å². The number of amides is 2. The van der Waals surface area contributed by atoms with Crippen molar-refractivity contribution in [2.24, 2.45) is 0 Å². The van der Waals surface area contributed by atoms with Gasteiger partial charge in [0, 0.05) is 18.8 Å². The molecule has 8 heteroatoms. The van der Waals surface area contributed by atoms with Crippen LogP contribution in [0.3, 0.4) is 0 Å². The van der Waals surface area contributed by atoms with Crippen LogP contribution in [0.25, 0.3) is 10.9 Å². The maximum absolute atomic E-state index is 12.8. The van der Waals surface area contributed by atoms with Gasteiger partial charge in [-0.1, -0.05) is 29.8 Å². The number of aromatic nitrogens is 2. The summed E-state index contributed by atoms with van der Waals surface area (Å²) in [6.07, 6.45) is 0. The van der Waals surface area contributed by atoms with E-state index in [2.05, 4.69) is 15.3 Å². The number of likely N-dealkylation sites (N-methyl/N-ethyl adjacent to an activating group) is 1. The second-order valence-electron chi connectivity index (χ2n) is 8.19. The molecule has 0 aliphatic rings. The number of hydrogen-bond donors (Lipinski definition) is 2. The molecule has 0 saturated heterocycles. The minimum Gasteiger partial charge on any atom is -0.335 e. The van der Waals surface area contributed by atoms with E-state index in [-0.39, 0.29) is 36.5 Å². The second-order valence-corrected chi connectivity index (χ2v) is 8.19. The smallest absolute Gasteiger partial charge is 0.258 e. The number of carbonyl (C=O) groups is 2. The highest BCUT2D eigenvalue weighted by Crippen LogP contribution is 2.10. The molecule has 1 heterocycles. The van der Waals surface area contributed by atoms with E-state index in [1.54, 1.807) is 25.2 Å². The highest BCUT2D eigenvalue weighted by Gasteiger charge is 2.20. The first kappa shape index (κ1) is 23.1. The number of benzene rings is 2. The summed E-state index contributed by atoms with van der Waals surface area (Å²) in [7, 11) is 1.60. The van der Waals surface area contributed by atoms with Crippen molar-refractivity contribution >= 4 is 28.4 Å². The summed E-state index contributed by atoms with van der Waals surface area (Å²) in [5.41, 5.74) is 2.21. The monoisotopic (exact) mass is 435 g/mol. The molecule has 2 N–H and O–H groups in total. The van der Waals surface area contributed by atoms with E-state index >= 15 is 0 Å². The lowest BCUT2D eigenvalue weighted by atomic mass is 10.2. The van der Waals surface area contributed by atoms with Gasteiger partial charge >= 0.3 is 0 Å². The number of aryl methyl sites for hydroxylation is 1. The molecule has 0 fully saturated rings. The predicted molar refractivity (Wildman–Crippen MR) is 125 cm³/mol. The fourth-order valence-electron chi connectivity index (χ4n) is 3.26. The van der Waals surface area contributed by atoms with Gasteiger partial charge in [-0.05, 0) is 45.0 Å². The van der Waals surface area contributed by atoms with E-state index < -0.39 is 0 Å². The standard InChI is InChI=1S/C24H29N5O3/c1-16(2)29(13-21-26-20-8-6-5-7-19(20)24(32)27-21)15-23(31)28(4)14-22(30)25-18-11-9-17(3)10-12-18/h5-12,16H,13-15H2,1-4H3,(H,25,30)(H,26,27,32). The molecular weight excluding hydrogens is 406 g/mol. The molecule has 0 aliphatic heterocycles. The maximum atomic E-state index is 12.8. The maximum Gasteiger partial charge on any atom is 0.258 e. The third-order valence-electron chi connectivity index (χ3n) is 5.23. The van der Waals surface area contributed by atoms with Crippen molar-refractivity contribution in [1.82, 2.24) is 19.8 Å². The van der Waals surface area contributed by atoms with Crippen molar-refractivity contribution in [3.05, 3.63) is 70.3 Å². The third kappa shape index (κ3) is 6.01. The minimum absolute atomic E-state index is 0.0329. The molecule has 32 heavy (non-hydrogen) atoms. The highest BCUT2D eigenvalue weighted by atomic mass is 16.2. The normalized spacial score (nSPS) is 11.2. The molecule has 0 saturated carbocycles. The average Bonchev–Trinajstić information content (AvgIpc) is 2.74. The van der Waals surface area contributed by atoms with Gasteiger partial charge in [0.05, 0.1) is 30.5 Å². The van der Waals surface area contributed by atoms with Gasteiger partial charge in [0.15, 0.2) is 0 Å². The number of carbonyl (C=O) groups excluding carboxylic acids is 2. The van der Waals surface area contributed by atoms with Crippen LogP contribution in [-0.2, 0) is 16.1 Å². The zero-order valence-corrected chi connectivity index (χ0v) is 18.9. The molecule has 0 aliphatic carbocycles. The molecule has 8 nitrogen and oxygen atoms in total. The van der Waals surface area contributed by atoms with Gasteiger partial charge in [-0.3, -0.25) is 19.3 Å². The van der Waals surface area contributed by atoms with Gasteiger partial charge in [0.2, 0.25) is 11.8 Å². The van der Waals surface area contributed by atoms with Crippen LogP contribution in [0.15, 0.2) is 53.3 Å². The molecule has 0 unspecified atom stereocenters. The first-order chi connectivity index (χ1) is 15.2. The molecule has 0 bridgehead atoms. The zero-order valence-electron chi connectivity index (χ0n) is 18.9. The SMILES string of the molecule is Cc1ccc(NC(=O)CN(C)C(=O)CN(Cc2nc3ccccc3c(=O)[nH]2)C(C)C)cc1. The Balaban J connectivity index is 1.62. The van der Waals surface area contributed by atoms with Crippen molar-refractivity contribution in [2.45, 2.75) is 33.4 Å². The summed E-state index contributed by atoms with van der Waals surface area (Å²) in [5.74, 6) is 0.0391. The highest BCUT2D eigenvalue weighted by molar-refractivity contribution is 5.94. The molecule has 3 rings (SSSR count). The number of rotatable bonds is 8. The number of nitrogens with one attached hydrogen (secondary N) is 2. The number of para-hydroxylation sites is 1. The summed E-state index contributed by atoms with van der Waals surface area (Å²) in [6.45, 7) is 6.27. The van der Waals surface area contributed by atoms with Gasteiger partial charge in [0.1, 0.15) is 5.82 Å². The van der Waals surface area contributed by atoms with Crippen LogP contribution in [0.1, 0.15) is 25.2 Å². The lowest BCUT2D eigenvalue weighted by Crippen LogP contribution is -2.44. The van der Waals surface area contributed by atoms with Crippen LogP contribution in [0.4, 0.5) is 5.69 Å². The van der Waals surface area contributed by atoms with E-state index in [0.29, 0.717) is 29.0 Å².